The number of amides is 1. The first-order chi connectivity index (χ1) is 19.0. The molecule has 0 unspecified atom stereocenters. The second-order valence-electron chi connectivity index (χ2n) is 9.23. The molecular formula is C28H29BrClN5O4. The van der Waals surface area contributed by atoms with Crippen LogP contribution in [0.2, 0.25) is 5.15 Å². The van der Waals surface area contributed by atoms with Crippen LogP contribution in [0.1, 0.15) is 35.7 Å². The molecule has 0 bridgehead atoms. The number of halogens is 2. The molecule has 1 aliphatic heterocycles. The fourth-order valence-corrected chi connectivity index (χ4v) is 5.58. The number of aromatic nitrogens is 3. The van der Waals surface area contributed by atoms with E-state index in [1.54, 1.807) is 25.3 Å². The summed E-state index contributed by atoms with van der Waals surface area (Å²) in [5, 5.41) is 3.83. The number of nitrogens with one attached hydrogen (secondary N) is 1. The van der Waals surface area contributed by atoms with Gasteiger partial charge in [-0.25, -0.2) is 14.8 Å². The molecule has 2 aromatic heterocycles. The maximum absolute atomic E-state index is 12.9. The first kappa shape index (κ1) is 27.1. The highest BCUT2D eigenvalue weighted by atomic mass is 79.9. The molecule has 1 saturated heterocycles. The molecule has 1 N–H and O–H groups in total. The lowest BCUT2D eigenvalue weighted by Crippen LogP contribution is -2.39. The van der Waals surface area contributed by atoms with Crippen LogP contribution in [0.5, 0.6) is 11.5 Å². The highest BCUT2D eigenvalue weighted by molar-refractivity contribution is 9.10. The molecular weight excluding hydrogens is 586 g/mol. The number of hydrogen-bond donors (Lipinski definition) is 1. The quantitative estimate of drug-likeness (QED) is 0.249. The van der Waals surface area contributed by atoms with Gasteiger partial charge in [-0.2, -0.15) is 0 Å². The molecule has 1 amide bonds. The van der Waals surface area contributed by atoms with E-state index >= 15 is 0 Å². The van der Waals surface area contributed by atoms with Crippen molar-refractivity contribution >= 4 is 45.0 Å². The summed E-state index contributed by atoms with van der Waals surface area (Å²) in [5.74, 6) is 2.81. The van der Waals surface area contributed by atoms with E-state index in [1.807, 2.05) is 52.9 Å². The summed E-state index contributed by atoms with van der Waals surface area (Å²) < 4.78 is 18.9. The fourth-order valence-electron chi connectivity index (χ4n) is 4.81. The van der Waals surface area contributed by atoms with Crippen LogP contribution >= 0.6 is 27.5 Å². The predicted molar refractivity (Wildman–Crippen MR) is 153 cm³/mol. The molecule has 11 heteroatoms. The van der Waals surface area contributed by atoms with Gasteiger partial charge < -0.3 is 24.4 Å². The zero-order valence-corrected chi connectivity index (χ0v) is 24.0. The molecule has 204 valence electrons. The fraction of sp³-hybridized carbons (Fsp3) is 0.321. The number of carbonyl (C=O) groups is 1. The maximum atomic E-state index is 12.9. The molecule has 0 saturated carbocycles. The Kier molecular flexibility index (Phi) is 8.42. The smallest absolute Gasteiger partial charge is 0.410 e. The van der Waals surface area contributed by atoms with Crippen LogP contribution in [0, 0.1) is 0 Å². The summed E-state index contributed by atoms with van der Waals surface area (Å²) in [6.07, 6.45) is 2.99. The van der Waals surface area contributed by atoms with Gasteiger partial charge in [0.15, 0.2) is 5.82 Å². The third-order valence-corrected chi connectivity index (χ3v) is 7.61. The number of rotatable bonds is 8. The molecule has 0 spiro atoms. The van der Waals surface area contributed by atoms with Gasteiger partial charge in [0.05, 0.1) is 20.4 Å². The summed E-state index contributed by atoms with van der Waals surface area (Å²) in [6, 6.07) is 15.3. The van der Waals surface area contributed by atoms with E-state index in [1.165, 1.54) is 0 Å². The van der Waals surface area contributed by atoms with Gasteiger partial charge in [-0.05, 0) is 46.5 Å². The topological polar surface area (TPSA) is 90.2 Å². The van der Waals surface area contributed by atoms with Crippen molar-refractivity contribution in [1.29, 1.82) is 0 Å². The van der Waals surface area contributed by atoms with Crippen molar-refractivity contribution in [3.05, 3.63) is 81.4 Å². The molecule has 9 nitrogen and oxygen atoms in total. The monoisotopic (exact) mass is 613 g/mol. The van der Waals surface area contributed by atoms with Crippen molar-refractivity contribution in [2.24, 2.45) is 0 Å². The molecule has 1 aliphatic rings. The standard InChI is InChI=1S/C28H29BrClN5O4/c1-37-21-11-10-19(22(13-21)38-2)14-31-26-24-25(29)33-27(35(24)23(30)15-32-26)20-9-6-12-34(16-20)28(36)39-17-18-7-4-3-5-8-18/h3-5,7-8,10-11,13,15,20H,6,9,12,14,16-17H2,1-2H3,(H,31,32)/t20-/m1/s1. The number of anilines is 1. The van der Waals surface area contributed by atoms with E-state index in [4.69, 9.17) is 30.8 Å². The normalized spacial score (nSPS) is 15.3. The predicted octanol–water partition coefficient (Wildman–Crippen LogP) is 6.29. The maximum Gasteiger partial charge on any atom is 0.410 e. The number of ether oxygens (including phenoxy) is 3. The van der Waals surface area contributed by atoms with E-state index in [9.17, 15) is 4.79 Å². The van der Waals surface area contributed by atoms with Crippen LogP contribution in [0.15, 0.2) is 59.3 Å². The van der Waals surface area contributed by atoms with E-state index < -0.39 is 0 Å². The second-order valence-corrected chi connectivity index (χ2v) is 10.4. The summed E-state index contributed by atoms with van der Waals surface area (Å²) >= 11 is 10.3. The van der Waals surface area contributed by atoms with E-state index in [0.717, 1.165) is 41.1 Å². The molecule has 39 heavy (non-hydrogen) atoms. The number of nitrogens with zero attached hydrogens (tertiary/aromatic N) is 4. The van der Waals surface area contributed by atoms with Crippen LogP contribution in [0.3, 0.4) is 0 Å². The number of likely N-dealkylation sites (tertiary alicyclic amines) is 1. The Morgan fingerprint density at radius 1 is 1.18 bits per heavy atom. The van der Waals surface area contributed by atoms with E-state index in [2.05, 4.69) is 26.2 Å². The molecule has 2 aromatic carbocycles. The first-order valence-corrected chi connectivity index (χ1v) is 13.8. The van der Waals surface area contributed by atoms with Crippen LogP contribution in [-0.4, -0.2) is 52.7 Å². The summed E-state index contributed by atoms with van der Waals surface area (Å²) in [4.78, 5) is 24.0. The zero-order chi connectivity index (χ0) is 27.4. The van der Waals surface area contributed by atoms with Gasteiger partial charge in [0.2, 0.25) is 0 Å². The molecule has 0 radical (unpaired) electrons. The third-order valence-electron chi connectivity index (χ3n) is 6.79. The van der Waals surface area contributed by atoms with Crippen molar-refractivity contribution in [3.8, 4) is 11.5 Å². The molecule has 1 atom stereocenters. The molecule has 5 rings (SSSR count). The van der Waals surface area contributed by atoms with Gasteiger partial charge in [0.25, 0.3) is 0 Å². The van der Waals surface area contributed by atoms with Gasteiger partial charge in [0, 0.05) is 37.2 Å². The Bertz CT molecular complexity index is 1470. The van der Waals surface area contributed by atoms with Gasteiger partial charge in [-0.15, -0.1) is 0 Å². The van der Waals surface area contributed by atoms with Crippen LogP contribution in [-0.2, 0) is 17.9 Å². The van der Waals surface area contributed by atoms with Crippen LogP contribution in [0.25, 0.3) is 5.52 Å². The van der Waals surface area contributed by atoms with E-state index in [-0.39, 0.29) is 18.6 Å². The lowest BCUT2D eigenvalue weighted by molar-refractivity contribution is 0.0853. The summed E-state index contributed by atoms with van der Waals surface area (Å²) in [6.45, 7) is 1.84. The minimum Gasteiger partial charge on any atom is -0.497 e. The van der Waals surface area contributed by atoms with Gasteiger partial charge in [-0.3, -0.25) is 4.40 Å². The number of piperidine rings is 1. The van der Waals surface area contributed by atoms with Crippen molar-refractivity contribution < 1.29 is 19.0 Å². The highest BCUT2D eigenvalue weighted by Crippen LogP contribution is 2.35. The lowest BCUT2D eigenvalue weighted by atomic mass is 9.97. The average molecular weight is 615 g/mol. The Labute approximate surface area is 240 Å². The summed E-state index contributed by atoms with van der Waals surface area (Å²) in [5.41, 5.74) is 2.63. The molecule has 4 aromatic rings. The van der Waals surface area contributed by atoms with Crippen LogP contribution in [0.4, 0.5) is 10.6 Å². The van der Waals surface area contributed by atoms with Crippen molar-refractivity contribution in [3.63, 3.8) is 0 Å². The largest absolute Gasteiger partial charge is 0.497 e. The lowest BCUT2D eigenvalue weighted by Gasteiger charge is -2.31. The SMILES string of the molecule is COc1ccc(CNc2ncc(Cl)n3c([C@@H]4CCCN(C(=O)OCc5ccccc5)C4)nc(Br)c23)c(OC)c1. The first-order valence-electron chi connectivity index (χ1n) is 12.6. The number of hydrogen-bond acceptors (Lipinski definition) is 7. The van der Waals surface area contributed by atoms with Crippen molar-refractivity contribution in [2.45, 2.75) is 31.9 Å². The van der Waals surface area contributed by atoms with Gasteiger partial charge in [0.1, 0.15) is 39.2 Å². The van der Waals surface area contributed by atoms with Crippen LogP contribution < -0.4 is 14.8 Å². The molecule has 3 heterocycles. The number of methoxy groups -OCH3 is 2. The number of carbonyl (C=O) groups excluding carboxylic acids is 1. The Morgan fingerprint density at radius 3 is 2.77 bits per heavy atom. The highest BCUT2D eigenvalue weighted by Gasteiger charge is 2.30. The Balaban J connectivity index is 1.35. The Hall–Kier alpha value is -3.50. The van der Waals surface area contributed by atoms with Crippen molar-refractivity contribution in [1.82, 2.24) is 19.3 Å². The Morgan fingerprint density at radius 2 is 2.00 bits per heavy atom. The second kappa shape index (κ2) is 12.1. The third kappa shape index (κ3) is 5.91. The minimum absolute atomic E-state index is 0.0174. The molecule has 0 aliphatic carbocycles. The van der Waals surface area contributed by atoms with Crippen molar-refractivity contribution in [2.75, 3.05) is 32.6 Å². The minimum atomic E-state index is -0.327. The zero-order valence-electron chi connectivity index (χ0n) is 21.7. The number of imidazole rings is 1. The van der Waals surface area contributed by atoms with Gasteiger partial charge >= 0.3 is 6.09 Å². The average Bonchev–Trinajstić information content (AvgIpc) is 3.34. The van der Waals surface area contributed by atoms with Gasteiger partial charge in [-0.1, -0.05) is 41.9 Å². The number of benzene rings is 2. The number of fused-ring (bicyclic) bond motifs is 1. The summed E-state index contributed by atoms with van der Waals surface area (Å²) in [7, 11) is 3.25. The molecule has 1 fully saturated rings. The van der Waals surface area contributed by atoms with E-state index in [0.29, 0.717) is 41.0 Å².